The highest BCUT2D eigenvalue weighted by Gasteiger charge is 2.40. The van der Waals surface area contributed by atoms with E-state index in [2.05, 4.69) is 13.0 Å². The van der Waals surface area contributed by atoms with Crippen LogP contribution in [-0.4, -0.2) is 5.78 Å². The smallest absolute Gasteiger partial charge is 0.158 e. The standard InChI is InChI=1S/C11H16O/c1-11-7-3-2-5-9(11)10(12)6-4-8-11/h4,6,9H,2-3,5,7-8H2,1H3/t9-,11-/m1/s1. The van der Waals surface area contributed by atoms with Gasteiger partial charge in [0.1, 0.15) is 0 Å². The van der Waals surface area contributed by atoms with Crippen molar-refractivity contribution in [1.82, 2.24) is 0 Å². The molecule has 2 aliphatic rings. The van der Waals surface area contributed by atoms with E-state index in [1.165, 1.54) is 19.3 Å². The van der Waals surface area contributed by atoms with Gasteiger partial charge in [-0.3, -0.25) is 4.79 Å². The average Bonchev–Trinajstić information content (AvgIpc) is 2.04. The summed E-state index contributed by atoms with van der Waals surface area (Å²) in [6.07, 6.45) is 9.90. The second-order valence-electron chi connectivity index (χ2n) is 4.46. The summed E-state index contributed by atoms with van der Waals surface area (Å²) in [7, 11) is 0. The van der Waals surface area contributed by atoms with Crippen LogP contribution in [0.3, 0.4) is 0 Å². The molecule has 2 aliphatic carbocycles. The first kappa shape index (κ1) is 8.03. The number of carbonyl (C=O) groups is 1. The topological polar surface area (TPSA) is 17.1 Å². The summed E-state index contributed by atoms with van der Waals surface area (Å²) in [6, 6.07) is 0. The summed E-state index contributed by atoms with van der Waals surface area (Å²) in [6.45, 7) is 2.28. The van der Waals surface area contributed by atoms with Crippen molar-refractivity contribution >= 4 is 5.78 Å². The lowest BCUT2D eigenvalue weighted by Crippen LogP contribution is -2.37. The van der Waals surface area contributed by atoms with Gasteiger partial charge in [0.15, 0.2) is 5.78 Å². The number of hydrogen-bond donors (Lipinski definition) is 0. The van der Waals surface area contributed by atoms with Crippen LogP contribution < -0.4 is 0 Å². The van der Waals surface area contributed by atoms with E-state index < -0.39 is 0 Å². The highest BCUT2D eigenvalue weighted by atomic mass is 16.1. The Hall–Kier alpha value is -0.590. The lowest BCUT2D eigenvalue weighted by Gasteiger charge is -2.41. The van der Waals surface area contributed by atoms with Crippen LogP contribution in [0.4, 0.5) is 0 Å². The molecule has 0 aromatic heterocycles. The molecule has 0 aromatic rings. The zero-order valence-corrected chi connectivity index (χ0v) is 7.68. The zero-order valence-electron chi connectivity index (χ0n) is 7.68. The van der Waals surface area contributed by atoms with Crippen LogP contribution in [0, 0.1) is 11.3 Å². The molecule has 0 radical (unpaired) electrons. The van der Waals surface area contributed by atoms with Crippen LogP contribution in [-0.2, 0) is 4.79 Å². The number of fused-ring (bicyclic) bond motifs is 1. The molecule has 66 valence electrons. The highest BCUT2D eigenvalue weighted by molar-refractivity contribution is 5.93. The summed E-state index contributed by atoms with van der Waals surface area (Å²) in [5, 5.41) is 0. The Kier molecular flexibility index (Phi) is 1.82. The molecule has 0 amide bonds. The van der Waals surface area contributed by atoms with Crippen molar-refractivity contribution in [2.45, 2.75) is 39.0 Å². The molecule has 1 nitrogen and oxygen atoms in total. The zero-order chi connectivity index (χ0) is 8.60. The molecule has 2 atom stereocenters. The van der Waals surface area contributed by atoms with E-state index in [9.17, 15) is 4.79 Å². The van der Waals surface area contributed by atoms with Gasteiger partial charge in [-0.15, -0.1) is 0 Å². The number of hydrogen-bond acceptors (Lipinski definition) is 1. The molecule has 1 saturated carbocycles. The fourth-order valence-electron chi connectivity index (χ4n) is 2.69. The molecule has 2 rings (SSSR count). The molecule has 0 N–H and O–H groups in total. The fourth-order valence-corrected chi connectivity index (χ4v) is 2.69. The third kappa shape index (κ3) is 1.12. The Morgan fingerprint density at radius 3 is 3.08 bits per heavy atom. The summed E-state index contributed by atoms with van der Waals surface area (Å²) < 4.78 is 0. The summed E-state index contributed by atoms with van der Waals surface area (Å²) in [5.41, 5.74) is 0.310. The van der Waals surface area contributed by atoms with Crippen molar-refractivity contribution in [3.8, 4) is 0 Å². The van der Waals surface area contributed by atoms with Gasteiger partial charge in [0, 0.05) is 5.92 Å². The van der Waals surface area contributed by atoms with Crippen molar-refractivity contribution in [2.75, 3.05) is 0 Å². The van der Waals surface area contributed by atoms with Gasteiger partial charge in [-0.2, -0.15) is 0 Å². The molecule has 0 heterocycles. The largest absolute Gasteiger partial charge is 0.295 e. The molecule has 0 unspecified atom stereocenters. The summed E-state index contributed by atoms with van der Waals surface area (Å²) >= 11 is 0. The maximum absolute atomic E-state index is 11.5. The SMILES string of the molecule is C[C@@]12CC=CC(=O)[C@H]1CCCC2. The third-order valence-electron chi connectivity index (χ3n) is 3.54. The maximum Gasteiger partial charge on any atom is 0.158 e. The molecule has 0 aliphatic heterocycles. The van der Waals surface area contributed by atoms with Gasteiger partial charge in [0.2, 0.25) is 0 Å². The van der Waals surface area contributed by atoms with E-state index in [1.807, 2.05) is 0 Å². The van der Waals surface area contributed by atoms with Crippen LogP contribution in [0.5, 0.6) is 0 Å². The van der Waals surface area contributed by atoms with Crippen LogP contribution in [0.25, 0.3) is 0 Å². The molecule has 0 spiro atoms. The van der Waals surface area contributed by atoms with Crippen molar-refractivity contribution in [3.05, 3.63) is 12.2 Å². The van der Waals surface area contributed by atoms with Crippen LogP contribution in [0.1, 0.15) is 39.0 Å². The molecule has 12 heavy (non-hydrogen) atoms. The van der Waals surface area contributed by atoms with Gasteiger partial charge < -0.3 is 0 Å². The minimum Gasteiger partial charge on any atom is -0.295 e. The Morgan fingerprint density at radius 2 is 2.33 bits per heavy atom. The molecular weight excluding hydrogens is 148 g/mol. The Morgan fingerprint density at radius 1 is 1.50 bits per heavy atom. The van der Waals surface area contributed by atoms with E-state index in [0.29, 0.717) is 17.1 Å². The number of allylic oxidation sites excluding steroid dienone is 2. The van der Waals surface area contributed by atoms with Crippen LogP contribution in [0.2, 0.25) is 0 Å². The van der Waals surface area contributed by atoms with E-state index in [1.54, 1.807) is 6.08 Å². The first-order valence-electron chi connectivity index (χ1n) is 4.93. The predicted octanol–water partition coefficient (Wildman–Crippen LogP) is 2.71. The number of rotatable bonds is 0. The van der Waals surface area contributed by atoms with Crippen molar-refractivity contribution in [1.29, 1.82) is 0 Å². The van der Waals surface area contributed by atoms with Crippen molar-refractivity contribution in [3.63, 3.8) is 0 Å². The first-order chi connectivity index (χ1) is 5.72. The van der Waals surface area contributed by atoms with Gasteiger partial charge in [-0.25, -0.2) is 0 Å². The lowest BCUT2D eigenvalue weighted by molar-refractivity contribution is -0.124. The van der Waals surface area contributed by atoms with Gasteiger partial charge in [-0.1, -0.05) is 25.8 Å². The van der Waals surface area contributed by atoms with E-state index in [4.69, 9.17) is 0 Å². The molecule has 0 aromatic carbocycles. The van der Waals surface area contributed by atoms with Crippen LogP contribution in [0.15, 0.2) is 12.2 Å². The maximum atomic E-state index is 11.5. The first-order valence-corrected chi connectivity index (χ1v) is 4.93. The Bertz CT molecular complexity index is 229. The minimum absolute atomic E-state index is 0.310. The lowest BCUT2D eigenvalue weighted by atomic mass is 9.62. The fraction of sp³-hybridized carbons (Fsp3) is 0.727. The molecule has 0 bridgehead atoms. The molecule has 0 saturated heterocycles. The van der Waals surface area contributed by atoms with Crippen molar-refractivity contribution in [2.24, 2.45) is 11.3 Å². The second kappa shape index (κ2) is 2.72. The summed E-state index contributed by atoms with van der Waals surface area (Å²) in [4.78, 5) is 11.5. The van der Waals surface area contributed by atoms with E-state index >= 15 is 0 Å². The van der Waals surface area contributed by atoms with E-state index in [0.717, 1.165) is 12.8 Å². The minimum atomic E-state index is 0.310. The second-order valence-corrected chi connectivity index (χ2v) is 4.46. The monoisotopic (exact) mass is 164 g/mol. The quantitative estimate of drug-likeness (QED) is 0.538. The molecule has 1 fully saturated rings. The normalized spacial score (nSPS) is 41.1. The van der Waals surface area contributed by atoms with Crippen molar-refractivity contribution < 1.29 is 4.79 Å². The van der Waals surface area contributed by atoms with Crippen LogP contribution >= 0.6 is 0 Å². The predicted molar refractivity (Wildman–Crippen MR) is 48.8 cm³/mol. The van der Waals surface area contributed by atoms with Gasteiger partial charge >= 0.3 is 0 Å². The number of carbonyl (C=O) groups excluding carboxylic acids is 1. The Labute approximate surface area is 73.8 Å². The summed E-state index contributed by atoms with van der Waals surface area (Å²) in [5.74, 6) is 0.722. The molecule has 1 heteroatoms. The average molecular weight is 164 g/mol. The van der Waals surface area contributed by atoms with Gasteiger partial charge in [0.05, 0.1) is 0 Å². The third-order valence-corrected chi connectivity index (χ3v) is 3.54. The number of ketones is 1. The Balaban J connectivity index is 2.26. The van der Waals surface area contributed by atoms with Gasteiger partial charge in [0.25, 0.3) is 0 Å². The van der Waals surface area contributed by atoms with Gasteiger partial charge in [-0.05, 0) is 30.8 Å². The highest BCUT2D eigenvalue weighted by Crippen LogP contribution is 2.46. The molecular formula is C11H16O. The van der Waals surface area contributed by atoms with E-state index in [-0.39, 0.29) is 0 Å².